The van der Waals surface area contributed by atoms with Gasteiger partial charge >= 0.3 is 0 Å². The highest BCUT2D eigenvalue weighted by Crippen LogP contribution is 2.19. The van der Waals surface area contributed by atoms with Crippen LogP contribution in [0.4, 0.5) is 5.82 Å². The van der Waals surface area contributed by atoms with Gasteiger partial charge in [0.15, 0.2) is 11.5 Å². The third-order valence-corrected chi connectivity index (χ3v) is 3.62. The van der Waals surface area contributed by atoms with Crippen molar-refractivity contribution >= 4 is 11.7 Å². The Morgan fingerprint density at radius 2 is 2.26 bits per heavy atom. The monoisotopic (exact) mass is 317 g/mol. The van der Waals surface area contributed by atoms with Crippen molar-refractivity contribution in [3.05, 3.63) is 29.9 Å². The number of nitrogens with zero attached hydrogens (tertiary/aromatic N) is 5. The number of ether oxygens (including phenoxy) is 1. The molecule has 0 N–H and O–H groups in total. The first-order valence-electron chi connectivity index (χ1n) is 7.41. The average molecular weight is 317 g/mol. The molecule has 1 fully saturated rings. The van der Waals surface area contributed by atoms with Gasteiger partial charge in [0.2, 0.25) is 5.88 Å². The summed E-state index contributed by atoms with van der Waals surface area (Å²) in [7, 11) is 3.79. The Balaban J connectivity index is 1.62. The third kappa shape index (κ3) is 3.41. The lowest BCUT2D eigenvalue weighted by molar-refractivity contribution is 0.0761. The highest BCUT2D eigenvalue weighted by molar-refractivity contribution is 5.92. The van der Waals surface area contributed by atoms with Crippen LogP contribution < -0.4 is 9.64 Å². The zero-order chi connectivity index (χ0) is 16.4. The van der Waals surface area contributed by atoms with Crippen LogP contribution >= 0.6 is 0 Å². The second kappa shape index (κ2) is 6.23. The standard InChI is InChI=1S/C15H19N5O3/c1-10-6-12(18-23-10)15(21)20-5-4-11(9-20)22-14-8-16-7-13(17-14)19(2)3/h6-8,11H,4-5,9H2,1-3H3/t11-/m1/s1. The molecule has 122 valence electrons. The van der Waals surface area contributed by atoms with E-state index in [1.54, 1.807) is 30.3 Å². The number of likely N-dealkylation sites (tertiary alicyclic amines) is 1. The minimum Gasteiger partial charge on any atom is -0.471 e. The molecule has 23 heavy (non-hydrogen) atoms. The van der Waals surface area contributed by atoms with Crippen LogP contribution in [0.2, 0.25) is 0 Å². The van der Waals surface area contributed by atoms with Gasteiger partial charge in [0.25, 0.3) is 5.91 Å². The first-order valence-corrected chi connectivity index (χ1v) is 7.41. The summed E-state index contributed by atoms with van der Waals surface area (Å²) < 4.78 is 10.8. The van der Waals surface area contributed by atoms with E-state index in [0.717, 1.165) is 12.2 Å². The minimum atomic E-state index is -0.138. The summed E-state index contributed by atoms with van der Waals surface area (Å²) in [4.78, 5) is 24.4. The third-order valence-electron chi connectivity index (χ3n) is 3.62. The molecule has 1 atom stereocenters. The van der Waals surface area contributed by atoms with Crippen molar-refractivity contribution in [1.82, 2.24) is 20.0 Å². The van der Waals surface area contributed by atoms with E-state index in [9.17, 15) is 4.79 Å². The van der Waals surface area contributed by atoms with Crippen LogP contribution in [0, 0.1) is 6.92 Å². The van der Waals surface area contributed by atoms with Gasteiger partial charge in [-0.05, 0) is 6.92 Å². The largest absolute Gasteiger partial charge is 0.471 e. The van der Waals surface area contributed by atoms with Crippen LogP contribution in [-0.4, -0.2) is 59.2 Å². The van der Waals surface area contributed by atoms with Crippen molar-refractivity contribution in [3.63, 3.8) is 0 Å². The molecule has 0 aromatic carbocycles. The maximum absolute atomic E-state index is 12.3. The van der Waals surface area contributed by atoms with Crippen LogP contribution in [0.1, 0.15) is 22.7 Å². The summed E-state index contributed by atoms with van der Waals surface area (Å²) in [5.74, 6) is 1.68. The first kappa shape index (κ1) is 15.3. The Bertz CT molecular complexity index is 700. The van der Waals surface area contributed by atoms with Crippen molar-refractivity contribution in [2.75, 3.05) is 32.1 Å². The van der Waals surface area contributed by atoms with Crippen molar-refractivity contribution < 1.29 is 14.1 Å². The van der Waals surface area contributed by atoms with Crippen molar-refractivity contribution in [2.45, 2.75) is 19.4 Å². The van der Waals surface area contributed by atoms with Crippen LogP contribution in [0.3, 0.4) is 0 Å². The predicted octanol–water partition coefficient (Wildman–Crippen LogP) is 1.13. The van der Waals surface area contributed by atoms with Crippen LogP contribution in [-0.2, 0) is 0 Å². The Morgan fingerprint density at radius 1 is 1.43 bits per heavy atom. The van der Waals surface area contributed by atoms with E-state index in [1.807, 2.05) is 19.0 Å². The number of aryl methyl sites for hydroxylation is 1. The fraction of sp³-hybridized carbons (Fsp3) is 0.467. The Kier molecular flexibility index (Phi) is 4.14. The summed E-state index contributed by atoms with van der Waals surface area (Å²) >= 11 is 0. The van der Waals surface area contributed by atoms with E-state index in [0.29, 0.717) is 30.4 Å². The van der Waals surface area contributed by atoms with Crippen LogP contribution in [0.15, 0.2) is 23.0 Å². The molecule has 1 saturated heterocycles. The number of aromatic nitrogens is 3. The second-order valence-corrected chi connectivity index (χ2v) is 5.71. The van der Waals surface area contributed by atoms with Crippen LogP contribution in [0.25, 0.3) is 0 Å². The molecule has 0 aliphatic carbocycles. The highest BCUT2D eigenvalue weighted by atomic mass is 16.5. The lowest BCUT2D eigenvalue weighted by Crippen LogP contribution is -2.31. The number of hydrogen-bond donors (Lipinski definition) is 0. The Morgan fingerprint density at radius 3 is 2.96 bits per heavy atom. The number of anilines is 1. The molecule has 1 aliphatic heterocycles. The number of carbonyl (C=O) groups is 1. The van der Waals surface area contributed by atoms with E-state index in [2.05, 4.69) is 15.1 Å². The van der Waals surface area contributed by atoms with Crippen molar-refractivity contribution in [2.24, 2.45) is 0 Å². The van der Waals surface area contributed by atoms with E-state index in [1.165, 1.54) is 0 Å². The number of hydrogen-bond acceptors (Lipinski definition) is 7. The van der Waals surface area contributed by atoms with E-state index < -0.39 is 0 Å². The zero-order valence-electron chi connectivity index (χ0n) is 13.4. The van der Waals surface area contributed by atoms with Gasteiger partial charge in [0.1, 0.15) is 11.9 Å². The van der Waals surface area contributed by atoms with Gasteiger partial charge in [0, 0.05) is 33.1 Å². The predicted molar refractivity (Wildman–Crippen MR) is 82.5 cm³/mol. The quantitative estimate of drug-likeness (QED) is 0.835. The van der Waals surface area contributed by atoms with Gasteiger partial charge in [0.05, 0.1) is 18.9 Å². The molecule has 1 aliphatic rings. The smallest absolute Gasteiger partial charge is 0.276 e. The van der Waals surface area contributed by atoms with Gasteiger partial charge in [-0.2, -0.15) is 4.98 Å². The molecular formula is C15H19N5O3. The maximum Gasteiger partial charge on any atom is 0.276 e. The molecule has 8 nitrogen and oxygen atoms in total. The van der Waals surface area contributed by atoms with Crippen molar-refractivity contribution in [3.8, 4) is 5.88 Å². The molecule has 0 bridgehead atoms. The number of rotatable bonds is 4. The molecule has 2 aromatic rings. The van der Waals surface area contributed by atoms with E-state index in [-0.39, 0.29) is 12.0 Å². The van der Waals surface area contributed by atoms with E-state index >= 15 is 0 Å². The summed E-state index contributed by atoms with van der Waals surface area (Å²) in [6, 6.07) is 1.64. The normalized spacial score (nSPS) is 17.3. The molecule has 0 saturated carbocycles. The average Bonchev–Trinajstić information content (AvgIpc) is 3.16. The van der Waals surface area contributed by atoms with Gasteiger partial charge < -0.3 is 19.1 Å². The van der Waals surface area contributed by atoms with Crippen LogP contribution in [0.5, 0.6) is 5.88 Å². The summed E-state index contributed by atoms with van der Waals surface area (Å²) in [6.45, 7) is 2.88. The van der Waals surface area contributed by atoms with Gasteiger partial charge in [-0.25, -0.2) is 0 Å². The molecule has 0 unspecified atom stereocenters. The molecular weight excluding hydrogens is 298 g/mol. The first-order chi connectivity index (χ1) is 11.0. The number of amides is 1. The fourth-order valence-electron chi connectivity index (χ4n) is 2.42. The fourth-order valence-corrected chi connectivity index (χ4v) is 2.42. The maximum atomic E-state index is 12.3. The summed E-state index contributed by atoms with van der Waals surface area (Å²) in [6.07, 6.45) is 3.90. The zero-order valence-corrected chi connectivity index (χ0v) is 13.4. The molecule has 3 rings (SSSR count). The Labute approximate surface area is 134 Å². The molecule has 2 aromatic heterocycles. The topological polar surface area (TPSA) is 84.6 Å². The second-order valence-electron chi connectivity index (χ2n) is 5.71. The van der Waals surface area contributed by atoms with E-state index in [4.69, 9.17) is 9.26 Å². The van der Waals surface area contributed by atoms with Crippen molar-refractivity contribution in [1.29, 1.82) is 0 Å². The molecule has 0 radical (unpaired) electrons. The lowest BCUT2D eigenvalue weighted by Gasteiger charge is -2.16. The molecule has 0 spiro atoms. The molecule has 3 heterocycles. The molecule has 8 heteroatoms. The van der Waals surface area contributed by atoms with Gasteiger partial charge in [-0.15, -0.1) is 0 Å². The minimum absolute atomic E-state index is 0.0985. The molecule has 1 amide bonds. The summed E-state index contributed by atoms with van der Waals surface area (Å²) in [5, 5.41) is 3.77. The van der Waals surface area contributed by atoms with Gasteiger partial charge in [-0.1, -0.05) is 5.16 Å². The Hall–Kier alpha value is -2.64. The summed E-state index contributed by atoms with van der Waals surface area (Å²) in [5.41, 5.74) is 0.331. The number of carbonyl (C=O) groups excluding carboxylic acids is 1. The highest BCUT2D eigenvalue weighted by Gasteiger charge is 2.30. The van der Waals surface area contributed by atoms with Gasteiger partial charge in [-0.3, -0.25) is 9.78 Å². The SMILES string of the molecule is Cc1cc(C(=O)N2CC[C@@H](Oc3cncc(N(C)C)n3)C2)no1. The lowest BCUT2D eigenvalue weighted by atomic mass is 10.3.